The lowest BCUT2D eigenvalue weighted by Crippen LogP contribution is -2.51. The van der Waals surface area contributed by atoms with Gasteiger partial charge in [-0.2, -0.15) is 0 Å². The maximum atomic E-state index is 11.5. The minimum absolute atomic E-state index is 0.0142. The molecule has 3 saturated heterocycles. The van der Waals surface area contributed by atoms with Crippen LogP contribution < -0.4 is 0 Å². The summed E-state index contributed by atoms with van der Waals surface area (Å²) >= 11 is 0. The van der Waals surface area contributed by atoms with E-state index in [1.54, 1.807) is 0 Å². The van der Waals surface area contributed by atoms with Crippen molar-refractivity contribution in [2.45, 2.75) is 153 Å². The van der Waals surface area contributed by atoms with E-state index in [-0.39, 0.29) is 52.7 Å². The molecule has 0 saturated carbocycles. The van der Waals surface area contributed by atoms with Crippen molar-refractivity contribution in [3.05, 3.63) is 0 Å². The molecule has 3 aliphatic rings. The van der Waals surface area contributed by atoms with Crippen LogP contribution in [0.15, 0.2) is 0 Å². The molecule has 3 aliphatic heterocycles. The van der Waals surface area contributed by atoms with Crippen LogP contribution in [0.5, 0.6) is 0 Å². The second-order valence-corrected chi connectivity index (χ2v) is 23.2. The van der Waals surface area contributed by atoms with Crippen molar-refractivity contribution in [2.75, 3.05) is 6.61 Å². The monoisotopic (exact) mass is 514 g/mol. The van der Waals surface area contributed by atoms with Gasteiger partial charge in [-0.15, -0.1) is 0 Å². The number of hydrogen-bond acceptors (Lipinski definition) is 6. The van der Waals surface area contributed by atoms with Crippen LogP contribution in [-0.4, -0.2) is 65.8 Å². The van der Waals surface area contributed by atoms with Gasteiger partial charge in [0, 0.05) is 6.42 Å². The number of rotatable bonds is 8. The lowest BCUT2D eigenvalue weighted by Gasteiger charge is -2.43. The molecule has 198 valence electrons. The van der Waals surface area contributed by atoms with Gasteiger partial charge in [0.05, 0.1) is 37.1 Å². The quantitative estimate of drug-likeness (QED) is 0.284. The zero-order chi connectivity index (χ0) is 25.5. The summed E-state index contributed by atoms with van der Waals surface area (Å²) < 4.78 is 32.1. The molecular weight excluding hydrogens is 464 g/mol. The molecule has 0 radical (unpaired) electrons. The molecule has 0 aliphatic carbocycles. The van der Waals surface area contributed by atoms with Crippen molar-refractivity contribution in [2.24, 2.45) is 0 Å². The Morgan fingerprint density at radius 2 is 1.32 bits per heavy atom. The number of ether oxygens (including phenoxy) is 3. The van der Waals surface area contributed by atoms with Gasteiger partial charge in [0.2, 0.25) is 0 Å². The van der Waals surface area contributed by atoms with Gasteiger partial charge in [-0.05, 0) is 68.4 Å². The number of esters is 1. The molecule has 3 heterocycles. The Morgan fingerprint density at radius 3 is 1.85 bits per heavy atom. The van der Waals surface area contributed by atoms with Crippen LogP contribution in [-0.2, 0) is 27.9 Å². The van der Waals surface area contributed by atoms with E-state index in [1.807, 2.05) is 0 Å². The van der Waals surface area contributed by atoms with Crippen LogP contribution in [0.2, 0.25) is 36.3 Å². The first kappa shape index (κ1) is 28.3. The summed E-state index contributed by atoms with van der Waals surface area (Å²) in [6.45, 7) is 23.5. The fourth-order valence-corrected chi connectivity index (χ4v) is 6.90. The maximum Gasteiger partial charge on any atom is 0.306 e. The van der Waals surface area contributed by atoms with Crippen LogP contribution >= 0.6 is 0 Å². The van der Waals surface area contributed by atoms with Crippen LogP contribution in [0.4, 0.5) is 0 Å². The molecule has 34 heavy (non-hydrogen) atoms. The zero-order valence-electron chi connectivity index (χ0n) is 23.4. The molecule has 3 fully saturated rings. The number of cyclic esters (lactones) is 1. The molecule has 6 nitrogen and oxygen atoms in total. The molecular formula is C26H50O6Si2. The largest absolute Gasteiger partial charge is 0.460 e. The molecule has 0 aromatic carbocycles. The fourth-order valence-electron chi connectivity index (χ4n) is 4.56. The minimum atomic E-state index is -1.99. The van der Waals surface area contributed by atoms with Gasteiger partial charge in [0.15, 0.2) is 16.6 Å². The Bertz CT molecular complexity index is 711. The van der Waals surface area contributed by atoms with Crippen LogP contribution in [0.3, 0.4) is 0 Å². The number of carbonyl (C=O) groups excluding carboxylic acids is 1. The van der Waals surface area contributed by atoms with E-state index in [1.165, 1.54) is 0 Å². The second kappa shape index (κ2) is 10.2. The van der Waals surface area contributed by atoms with E-state index in [2.05, 4.69) is 67.7 Å². The highest BCUT2D eigenvalue weighted by Gasteiger charge is 2.47. The van der Waals surface area contributed by atoms with Crippen molar-refractivity contribution >= 4 is 22.6 Å². The van der Waals surface area contributed by atoms with E-state index in [9.17, 15) is 4.79 Å². The van der Waals surface area contributed by atoms with Gasteiger partial charge in [-0.3, -0.25) is 4.79 Å². The van der Waals surface area contributed by atoms with Gasteiger partial charge in [-0.1, -0.05) is 41.5 Å². The molecule has 0 spiro atoms. The normalized spacial score (nSPS) is 32.3. The molecule has 0 bridgehead atoms. The van der Waals surface area contributed by atoms with Gasteiger partial charge >= 0.3 is 5.97 Å². The SMILES string of the molecule is CC(C)(C)[Si](C)(C)OC[C@@H](O[Si](C)(C)C(C)(C)C)[C@H]1CC[C@H]([C@H]2CC[C@@H]([C@H]3CCC(=O)O3)O2)O1. The van der Waals surface area contributed by atoms with Gasteiger partial charge in [0.25, 0.3) is 0 Å². The van der Waals surface area contributed by atoms with E-state index in [4.69, 9.17) is 23.1 Å². The van der Waals surface area contributed by atoms with Crippen LogP contribution in [0.25, 0.3) is 0 Å². The third-order valence-corrected chi connectivity index (χ3v) is 18.0. The van der Waals surface area contributed by atoms with Gasteiger partial charge < -0.3 is 23.1 Å². The van der Waals surface area contributed by atoms with E-state index in [0.29, 0.717) is 13.0 Å². The number of carbonyl (C=O) groups is 1. The van der Waals surface area contributed by atoms with Crippen LogP contribution in [0, 0.1) is 0 Å². The minimum Gasteiger partial charge on any atom is -0.460 e. The third-order valence-electron chi connectivity index (χ3n) is 9.00. The van der Waals surface area contributed by atoms with E-state index >= 15 is 0 Å². The summed E-state index contributed by atoms with van der Waals surface area (Å²) in [7, 11) is -3.89. The summed E-state index contributed by atoms with van der Waals surface area (Å²) in [6, 6.07) is 0. The average molecular weight is 515 g/mol. The summed E-state index contributed by atoms with van der Waals surface area (Å²) in [5.41, 5.74) is 0. The first-order valence-electron chi connectivity index (χ1n) is 13.3. The molecule has 6 atom stereocenters. The Labute approximate surface area is 210 Å². The Kier molecular flexibility index (Phi) is 8.53. The first-order valence-corrected chi connectivity index (χ1v) is 19.1. The van der Waals surface area contributed by atoms with Crippen LogP contribution in [0.1, 0.15) is 80.1 Å². The fraction of sp³-hybridized carbons (Fsp3) is 0.962. The molecule has 0 unspecified atom stereocenters. The van der Waals surface area contributed by atoms with Crippen molar-refractivity contribution in [3.63, 3.8) is 0 Å². The summed E-state index contributed by atoms with van der Waals surface area (Å²) in [6.07, 6.45) is 5.17. The molecule has 0 aromatic rings. The maximum absolute atomic E-state index is 11.5. The standard InChI is InChI=1S/C26H50O6Si2/c1-25(2,3)33(7,8)28-17-23(32-34(9,10)26(4,5)6)22-14-13-19(30-22)18-11-12-20(29-18)21-15-16-24(27)31-21/h18-23H,11-17H2,1-10H3/t18-,19-,20+,21-,22-,23-/m1/s1. The highest BCUT2D eigenvalue weighted by atomic mass is 28.4. The van der Waals surface area contributed by atoms with E-state index < -0.39 is 16.6 Å². The lowest BCUT2D eigenvalue weighted by atomic mass is 10.0. The Hall–Kier alpha value is -0.256. The third kappa shape index (κ3) is 6.54. The zero-order valence-corrected chi connectivity index (χ0v) is 25.4. The Morgan fingerprint density at radius 1 is 0.794 bits per heavy atom. The molecule has 3 rings (SSSR count). The van der Waals surface area contributed by atoms with Crippen molar-refractivity contribution in [3.8, 4) is 0 Å². The van der Waals surface area contributed by atoms with Gasteiger partial charge in [0.1, 0.15) is 6.10 Å². The lowest BCUT2D eigenvalue weighted by molar-refractivity contribution is -0.149. The van der Waals surface area contributed by atoms with Gasteiger partial charge in [-0.25, -0.2) is 0 Å². The Balaban J connectivity index is 1.64. The predicted molar refractivity (Wildman–Crippen MR) is 140 cm³/mol. The molecule has 8 heteroatoms. The summed E-state index contributed by atoms with van der Waals surface area (Å²) in [4.78, 5) is 11.5. The molecule has 0 amide bonds. The average Bonchev–Trinajstić information content (AvgIpc) is 3.42. The van der Waals surface area contributed by atoms with Crippen molar-refractivity contribution in [1.29, 1.82) is 0 Å². The smallest absolute Gasteiger partial charge is 0.306 e. The topological polar surface area (TPSA) is 63.2 Å². The molecule has 0 N–H and O–H groups in total. The molecule has 0 aromatic heterocycles. The highest BCUT2D eigenvalue weighted by Crippen LogP contribution is 2.42. The highest BCUT2D eigenvalue weighted by molar-refractivity contribution is 6.74. The summed E-state index contributed by atoms with van der Waals surface area (Å²) in [5.74, 6) is -0.0958. The second-order valence-electron chi connectivity index (χ2n) is 13.6. The van der Waals surface area contributed by atoms with E-state index in [0.717, 1.165) is 32.1 Å². The summed E-state index contributed by atoms with van der Waals surface area (Å²) in [5, 5.41) is 0.282. The number of hydrogen-bond donors (Lipinski definition) is 0. The predicted octanol–water partition coefficient (Wildman–Crippen LogP) is 6.20. The van der Waals surface area contributed by atoms with Crippen molar-refractivity contribution in [1.82, 2.24) is 0 Å². The first-order chi connectivity index (χ1) is 15.5. The van der Waals surface area contributed by atoms with Crippen molar-refractivity contribution < 1.29 is 27.9 Å².